The van der Waals surface area contributed by atoms with E-state index in [0.29, 0.717) is 17.3 Å². The molecule has 5 rings (SSSR count). The van der Waals surface area contributed by atoms with E-state index in [1.54, 1.807) is 36.0 Å². The van der Waals surface area contributed by atoms with Crippen molar-refractivity contribution >= 4 is 28.6 Å². The molecule has 0 bridgehead atoms. The Kier molecular flexibility index (Phi) is 5.03. The predicted octanol–water partition coefficient (Wildman–Crippen LogP) is 4.34. The van der Waals surface area contributed by atoms with Crippen LogP contribution in [0.3, 0.4) is 0 Å². The molecule has 8 nitrogen and oxygen atoms in total. The Morgan fingerprint density at radius 3 is 2.71 bits per heavy atom. The van der Waals surface area contributed by atoms with Crippen molar-refractivity contribution in [2.24, 2.45) is 0 Å². The summed E-state index contributed by atoms with van der Waals surface area (Å²) in [6.07, 6.45) is 3.58. The van der Waals surface area contributed by atoms with Gasteiger partial charge >= 0.3 is 0 Å². The number of aromatic nitrogens is 4. The van der Waals surface area contributed by atoms with Crippen molar-refractivity contribution in [3.05, 3.63) is 84.4 Å². The van der Waals surface area contributed by atoms with Crippen LogP contribution < -0.4 is 5.48 Å². The van der Waals surface area contributed by atoms with Gasteiger partial charge in [0.25, 0.3) is 5.91 Å². The number of rotatable bonds is 6. The number of nitrogens with zero attached hydrogens (tertiary/aromatic N) is 3. The molecule has 0 unspecified atom stereocenters. The highest BCUT2D eigenvalue weighted by atomic mass is 32.2. The number of amides is 1. The normalized spacial score (nSPS) is 11.1. The van der Waals surface area contributed by atoms with Crippen molar-refractivity contribution in [3.8, 4) is 11.4 Å². The lowest BCUT2D eigenvalue weighted by atomic mass is 10.1. The first-order chi connectivity index (χ1) is 15.2. The number of furan rings is 1. The van der Waals surface area contributed by atoms with Gasteiger partial charge in [-0.2, -0.15) is 0 Å². The van der Waals surface area contributed by atoms with E-state index in [-0.39, 0.29) is 0 Å². The highest BCUT2D eigenvalue weighted by Crippen LogP contribution is 2.33. The zero-order chi connectivity index (χ0) is 21.2. The summed E-state index contributed by atoms with van der Waals surface area (Å²) < 4.78 is 7.57. The zero-order valence-corrected chi connectivity index (χ0v) is 17.0. The highest BCUT2D eigenvalue weighted by Gasteiger charge is 2.19. The summed E-state index contributed by atoms with van der Waals surface area (Å²) in [4.78, 5) is 15.7. The number of hydroxylamine groups is 1. The summed E-state index contributed by atoms with van der Waals surface area (Å²) in [6.45, 7) is 0.474. The largest absolute Gasteiger partial charge is 0.467 e. The van der Waals surface area contributed by atoms with Gasteiger partial charge in [-0.3, -0.25) is 14.6 Å². The van der Waals surface area contributed by atoms with Crippen LogP contribution >= 0.6 is 11.8 Å². The summed E-state index contributed by atoms with van der Waals surface area (Å²) in [6, 6.07) is 18.7. The molecule has 0 aliphatic carbocycles. The van der Waals surface area contributed by atoms with Crippen LogP contribution in [0.15, 0.2) is 87.6 Å². The average Bonchev–Trinajstić information content (AvgIpc) is 3.55. The maximum absolute atomic E-state index is 11.5. The predicted molar refractivity (Wildman–Crippen MR) is 115 cm³/mol. The second kappa shape index (κ2) is 8.13. The molecule has 0 saturated heterocycles. The molecule has 154 valence electrons. The lowest BCUT2D eigenvalue weighted by Gasteiger charge is -2.09. The molecule has 0 spiro atoms. The Morgan fingerprint density at radius 2 is 1.94 bits per heavy atom. The molecule has 3 N–H and O–H groups in total. The summed E-state index contributed by atoms with van der Waals surface area (Å²) in [7, 11) is 0. The van der Waals surface area contributed by atoms with Crippen molar-refractivity contribution < 1.29 is 14.4 Å². The SMILES string of the molecule is O=C(NO)c1ccc(Sc2nnc(-c3c[nH]c4ccccc34)n2Cc2ccco2)cc1. The van der Waals surface area contributed by atoms with E-state index in [2.05, 4.69) is 15.2 Å². The molecular formula is C22H17N5O3S. The number of hydrogen-bond donors (Lipinski definition) is 3. The number of carbonyl (C=O) groups excluding carboxylic acids is 1. The number of H-pyrrole nitrogens is 1. The molecule has 3 aromatic heterocycles. The fourth-order valence-corrected chi connectivity index (χ4v) is 4.19. The Bertz CT molecular complexity index is 1340. The number of nitrogens with one attached hydrogen (secondary N) is 2. The Morgan fingerprint density at radius 1 is 1.10 bits per heavy atom. The molecule has 0 aliphatic rings. The lowest BCUT2D eigenvalue weighted by Crippen LogP contribution is -2.18. The molecule has 0 radical (unpaired) electrons. The third-order valence-corrected chi connectivity index (χ3v) is 5.86. The topological polar surface area (TPSA) is 109 Å². The van der Waals surface area contributed by atoms with Crippen LogP contribution in [-0.4, -0.2) is 30.9 Å². The molecule has 0 saturated carbocycles. The third kappa shape index (κ3) is 3.72. The molecule has 0 atom stereocenters. The van der Waals surface area contributed by atoms with Crippen LogP contribution in [0.5, 0.6) is 0 Å². The minimum atomic E-state index is -0.556. The molecule has 1 amide bonds. The standard InChI is InChI=1S/C22H17N5O3S/c28-21(26-29)14-7-9-16(10-8-14)31-22-25-24-20(27(22)13-15-4-3-11-30-15)18-12-23-19-6-2-1-5-17(18)19/h1-12,23,29H,13H2,(H,26,28). The number of benzene rings is 2. The van der Waals surface area contributed by atoms with Crippen molar-refractivity contribution in [1.82, 2.24) is 25.2 Å². The molecule has 2 aromatic carbocycles. The van der Waals surface area contributed by atoms with Crippen LogP contribution in [-0.2, 0) is 6.54 Å². The van der Waals surface area contributed by atoms with Gasteiger partial charge in [0.15, 0.2) is 11.0 Å². The van der Waals surface area contributed by atoms with Crippen LogP contribution in [0.4, 0.5) is 0 Å². The molecule has 5 aromatic rings. The summed E-state index contributed by atoms with van der Waals surface area (Å²) in [5.74, 6) is 0.962. The molecule has 3 heterocycles. The van der Waals surface area contributed by atoms with Crippen molar-refractivity contribution in [2.45, 2.75) is 16.6 Å². The Labute approximate surface area is 180 Å². The van der Waals surface area contributed by atoms with Crippen molar-refractivity contribution in [3.63, 3.8) is 0 Å². The smallest absolute Gasteiger partial charge is 0.274 e. The fourth-order valence-electron chi connectivity index (χ4n) is 3.37. The van der Waals surface area contributed by atoms with E-state index in [1.807, 2.05) is 47.2 Å². The van der Waals surface area contributed by atoms with Crippen molar-refractivity contribution in [2.75, 3.05) is 0 Å². The summed E-state index contributed by atoms with van der Waals surface area (Å²) >= 11 is 1.43. The number of carbonyl (C=O) groups is 1. The molecule has 0 aliphatic heterocycles. The van der Waals surface area contributed by atoms with Gasteiger partial charge in [-0.05, 0) is 54.2 Å². The minimum absolute atomic E-state index is 0.364. The van der Waals surface area contributed by atoms with Gasteiger partial charge in [-0.1, -0.05) is 18.2 Å². The maximum atomic E-state index is 11.5. The first kappa shape index (κ1) is 19.2. The zero-order valence-electron chi connectivity index (χ0n) is 16.1. The molecule has 9 heteroatoms. The monoisotopic (exact) mass is 431 g/mol. The van der Waals surface area contributed by atoms with Crippen LogP contribution in [0, 0.1) is 0 Å². The third-order valence-electron chi connectivity index (χ3n) is 4.87. The van der Waals surface area contributed by atoms with Gasteiger partial charge in [-0.15, -0.1) is 10.2 Å². The fraction of sp³-hybridized carbons (Fsp3) is 0.0455. The van der Waals surface area contributed by atoms with E-state index < -0.39 is 5.91 Å². The maximum Gasteiger partial charge on any atom is 0.274 e. The van der Waals surface area contributed by atoms with Gasteiger partial charge in [0.1, 0.15) is 5.76 Å². The van der Waals surface area contributed by atoms with E-state index in [0.717, 1.165) is 32.9 Å². The quantitative estimate of drug-likeness (QED) is 0.273. The van der Waals surface area contributed by atoms with Crippen LogP contribution in [0.2, 0.25) is 0 Å². The first-order valence-corrected chi connectivity index (χ1v) is 10.3. The van der Waals surface area contributed by atoms with E-state index >= 15 is 0 Å². The van der Waals surface area contributed by atoms with E-state index in [1.165, 1.54) is 11.8 Å². The number of hydrogen-bond acceptors (Lipinski definition) is 6. The summed E-state index contributed by atoms with van der Waals surface area (Å²) in [5, 5.41) is 19.4. The second-order valence-corrected chi connectivity index (χ2v) is 7.83. The van der Waals surface area contributed by atoms with Gasteiger partial charge in [0, 0.05) is 33.1 Å². The van der Waals surface area contributed by atoms with Gasteiger partial charge < -0.3 is 9.40 Å². The van der Waals surface area contributed by atoms with Gasteiger partial charge in [0.05, 0.1) is 12.8 Å². The lowest BCUT2D eigenvalue weighted by molar-refractivity contribution is 0.0706. The highest BCUT2D eigenvalue weighted by molar-refractivity contribution is 7.99. The van der Waals surface area contributed by atoms with E-state index in [4.69, 9.17) is 9.62 Å². The molecule has 31 heavy (non-hydrogen) atoms. The average molecular weight is 431 g/mol. The summed E-state index contributed by atoms with van der Waals surface area (Å²) in [5.41, 5.74) is 3.98. The molecular weight excluding hydrogens is 414 g/mol. The van der Waals surface area contributed by atoms with Crippen LogP contribution in [0.25, 0.3) is 22.3 Å². The van der Waals surface area contributed by atoms with E-state index in [9.17, 15) is 4.79 Å². The first-order valence-electron chi connectivity index (χ1n) is 9.47. The number of aromatic amines is 1. The molecule has 0 fully saturated rings. The van der Waals surface area contributed by atoms with Gasteiger partial charge in [0.2, 0.25) is 0 Å². The van der Waals surface area contributed by atoms with Crippen molar-refractivity contribution in [1.29, 1.82) is 0 Å². The number of para-hydroxylation sites is 1. The van der Waals surface area contributed by atoms with Crippen LogP contribution in [0.1, 0.15) is 16.1 Å². The minimum Gasteiger partial charge on any atom is -0.467 e. The van der Waals surface area contributed by atoms with Gasteiger partial charge in [-0.25, -0.2) is 5.48 Å². The second-order valence-electron chi connectivity index (χ2n) is 6.79. The number of fused-ring (bicyclic) bond motifs is 1. The Hall–Kier alpha value is -3.82. The Balaban J connectivity index is 1.54.